The van der Waals surface area contributed by atoms with Gasteiger partial charge in [-0.25, -0.2) is 4.39 Å². The topological polar surface area (TPSA) is 51.5 Å². The van der Waals surface area contributed by atoms with Crippen molar-refractivity contribution >= 4 is 11.6 Å². The van der Waals surface area contributed by atoms with Gasteiger partial charge in [-0.15, -0.1) is 0 Å². The van der Waals surface area contributed by atoms with Crippen LogP contribution in [-0.4, -0.2) is 5.91 Å². The second kappa shape index (κ2) is 6.79. The van der Waals surface area contributed by atoms with Gasteiger partial charge >= 0.3 is 0 Å². The molecule has 0 fully saturated rings. The number of amides is 1. The Labute approximate surface area is 132 Å². The molecule has 3 aromatic rings. The Hall–Kier alpha value is -3.08. The first kappa shape index (κ1) is 14.8. The second-order valence-corrected chi connectivity index (χ2v) is 4.80. The highest BCUT2D eigenvalue weighted by molar-refractivity contribution is 6.02. The lowest BCUT2D eigenvalue weighted by Gasteiger charge is -2.04. The number of ether oxygens (including phenoxy) is 1. The Morgan fingerprint density at radius 1 is 1.00 bits per heavy atom. The van der Waals surface area contributed by atoms with E-state index in [4.69, 9.17) is 9.15 Å². The van der Waals surface area contributed by atoms with Crippen LogP contribution in [0, 0.1) is 5.82 Å². The molecule has 0 radical (unpaired) electrons. The molecule has 1 aromatic heterocycles. The van der Waals surface area contributed by atoms with Crippen LogP contribution < -0.4 is 10.1 Å². The lowest BCUT2D eigenvalue weighted by molar-refractivity contribution is 0.0992. The highest BCUT2D eigenvalue weighted by atomic mass is 19.1. The molecule has 1 amide bonds. The van der Waals surface area contributed by atoms with E-state index in [2.05, 4.69) is 5.32 Å². The van der Waals surface area contributed by atoms with Crippen LogP contribution in [0.3, 0.4) is 0 Å². The minimum atomic E-state index is -0.513. The van der Waals surface area contributed by atoms with E-state index < -0.39 is 11.7 Å². The molecular formula is C18H14FNO3. The van der Waals surface area contributed by atoms with Crippen LogP contribution in [0.1, 0.15) is 16.3 Å². The lowest BCUT2D eigenvalue weighted by atomic mass is 10.3. The van der Waals surface area contributed by atoms with Gasteiger partial charge in [0.25, 0.3) is 5.91 Å². The van der Waals surface area contributed by atoms with Crippen LogP contribution in [0.15, 0.2) is 71.1 Å². The summed E-state index contributed by atoms with van der Waals surface area (Å²) in [4.78, 5) is 12.0. The summed E-state index contributed by atoms with van der Waals surface area (Å²) in [7, 11) is 0. The van der Waals surface area contributed by atoms with Gasteiger partial charge in [0.1, 0.15) is 23.9 Å². The zero-order valence-corrected chi connectivity index (χ0v) is 12.2. The Morgan fingerprint density at radius 3 is 2.52 bits per heavy atom. The van der Waals surface area contributed by atoms with Gasteiger partial charge in [0.2, 0.25) is 0 Å². The quantitative estimate of drug-likeness (QED) is 0.766. The minimum Gasteiger partial charge on any atom is -0.486 e. The fourth-order valence-electron chi connectivity index (χ4n) is 2.00. The number of carbonyl (C=O) groups is 1. The number of halogens is 1. The Bertz CT molecular complexity index is 799. The molecule has 0 saturated carbocycles. The average molecular weight is 311 g/mol. The van der Waals surface area contributed by atoms with Gasteiger partial charge in [0.05, 0.1) is 5.69 Å². The van der Waals surface area contributed by atoms with E-state index in [1.165, 1.54) is 18.2 Å². The molecule has 4 nitrogen and oxygen atoms in total. The van der Waals surface area contributed by atoms with E-state index in [-0.39, 0.29) is 18.1 Å². The number of carbonyl (C=O) groups excluding carboxylic acids is 1. The van der Waals surface area contributed by atoms with Gasteiger partial charge in [-0.3, -0.25) is 4.79 Å². The van der Waals surface area contributed by atoms with Crippen molar-refractivity contribution < 1.29 is 18.3 Å². The van der Waals surface area contributed by atoms with Crippen LogP contribution >= 0.6 is 0 Å². The van der Waals surface area contributed by atoms with Gasteiger partial charge in [-0.1, -0.05) is 30.3 Å². The van der Waals surface area contributed by atoms with E-state index in [9.17, 15) is 9.18 Å². The predicted molar refractivity (Wildman–Crippen MR) is 83.8 cm³/mol. The molecule has 3 rings (SSSR count). The summed E-state index contributed by atoms with van der Waals surface area (Å²) in [5.74, 6) is 0.301. The molecule has 0 saturated heterocycles. The van der Waals surface area contributed by atoms with Crippen LogP contribution in [0.2, 0.25) is 0 Å². The normalized spacial score (nSPS) is 10.3. The minimum absolute atomic E-state index is 0.0971. The molecule has 23 heavy (non-hydrogen) atoms. The highest BCUT2D eigenvalue weighted by Gasteiger charge is 2.13. The second-order valence-electron chi connectivity index (χ2n) is 4.80. The van der Waals surface area contributed by atoms with Gasteiger partial charge in [0.15, 0.2) is 5.76 Å². The van der Waals surface area contributed by atoms with Crippen molar-refractivity contribution in [3.8, 4) is 5.75 Å². The van der Waals surface area contributed by atoms with Crippen molar-refractivity contribution in [2.75, 3.05) is 5.32 Å². The van der Waals surface area contributed by atoms with Crippen molar-refractivity contribution in [3.63, 3.8) is 0 Å². The van der Waals surface area contributed by atoms with E-state index in [1.807, 2.05) is 30.3 Å². The number of rotatable bonds is 5. The number of anilines is 1. The molecule has 116 valence electrons. The molecule has 0 aliphatic carbocycles. The third-order valence-electron chi connectivity index (χ3n) is 3.13. The van der Waals surface area contributed by atoms with Crippen molar-refractivity contribution in [2.24, 2.45) is 0 Å². The molecule has 0 aliphatic rings. The fraction of sp³-hybridized carbons (Fsp3) is 0.0556. The SMILES string of the molecule is O=C(Nc1ccccc1F)c1ccc(COc2ccccc2)o1. The maximum absolute atomic E-state index is 13.5. The van der Waals surface area contributed by atoms with Crippen molar-refractivity contribution in [1.82, 2.24) is 0 Å². The number of nitrogens with one attached hydrogen (secondary N) is 1. The number of hydrogen-bond acceptors (Lipinski definition) is 3. The van der Waals surface area contributed by atoms with Crippen molar-refractivity contribution in [2.45, 2.75) is 6.61 Å². The third-order valence-corrected chi connectivity index (χ3v) is 3.13. The van der Waals surface area contributed by atoms with Crippen molar-refractivity contribution in [1.29, 1.82) is 0 Å². The first-order chi connectivity index (χ1) is 11.2. The Kier molecular flexibility index (Phi) is 4.38. The van der Waals surface area contributed by atoms with Crippen LogP contribution in [0.5, 0.6) is 5.75 Å². The van der Waals surface area contributed by atoms with E-state index >= 15 is 0 Å². The van der Waals surface area contributed by atoms with Gasteiger partial charge in [-0.05, 0) is 36.4 Å². The van der Waals surface area contributed by atoms with Crippen molar-refractivity contribution in [3.05, 3.63) is 84.1 Å². The molecular weight excluding hydrogens is 297 g/mol. The first-order valence-electron chi connectivity index (χ1n) is 7.05. The molecule has 0 atom stereocenters. The third kappa shape index (κ3) is 3.77. The summed E-state index contributed by atoms with van der Waals surface area (Å²) in [5.41, 5.74) is 0.107. The zero-order valence-electron chi connectivity index (χ0n) is 12.2. The first-order valence-corrected chi connectivity index (χ1v) is 7.05. The van der Waals surface area contributed by atoms with Gasteiger partial charge in [0, 0.05) is 0 Å². The summed E-state index contributed by atoms with van der Waals surface area (Å²) in [6.45, 7) is 0.205. The van der Waals surface area contributed by atoms with Crippen LogP contribution in [-0.2, 0) is 6.61 Å². The zero-order chi connectivity index (χ0) is 16.1. The molecule has 0 unspecified atom stereocenters. The van der Waals surface area contributed by atoms with E-state index in [0.717, 1.165) is 0 Å². The Morgan fingerprint density at radius 2 is 1.74 bits per heavy atom. The van der Waals surface area contributed by atoms with E-state index in [1.54, 1.807) is 18.2 Å². The average Bonchev–Trinajstić information content (AvgIpc) is 3.05. The molecule has 0 spiro atoms. The summed E-state index contributed by atoms with van der Waals surface area (Å²) in [5, 5.41) is 2.47. The number of hydrogen-bond donors (Lipinski definition) is 1. The fourth-order valence-corrected chi connectivity index (χ4v) is 2.00. The molecule has 2 aromatic carbocycles. The maximum Gasteiger partial charge on any atom is 0.291 e. The number of furan rings is 1. The maximum atomic E-state index is 13.5. The van der Waals surface area contributed by atoms with Crippen LogP contribution in [0.25, 0.3) is 0 Å². The molecule has 0 bridgehead atoms. The summed E-state index contributed by atoms with van der Waals surface area (Å²) >= 11 is 0. The number of para-hydroxylation sites is 2. The van der Waals surface area contributed by atoms with E-state index in [0.29, 0.717) is 11.5 Å². The van der Waals surface area contributed by atoms with Crippen LogP contribution in [0.4, 0.5) is 10.1 Å². The Balaban J connectivity index is 1.62. The molecule has 0 aliphatic heterocycles. The smallest absolute Gasteiger partial charge is 0.291 e. The summed E-state index contributed by atoms with van der Waals surface area (Å²) < 4.78 is 24.5. The van der Waals surface area contributed by atoms with Gasteiger partial charge < -0.3 is 14.5 Å². The lowest BCUT2D eigenvalue weighted by Crippen LogP contribution is -2.12. The molecule has 5 heteroatoms. The summed E-state index contributed by atoms with van der Waals surface area (Å²) in [6.07, 6.45) is 0. The number of benzene rings is 2. The molecule has 1 heterocycles. The molecule has 1 N–H and O–H groups in total. The van der Waals surface area contributed by atoms with Gasteiger partial charge in [-0.2, -0.15) is 0 Å². The standard InChI is InChI=1S/C18H14FNO3/c19-15-8-4-5-9-16(15)20-18(21)17-11-10-14(23-17)12-22-13-6-2-1-3-7-13/h1-11H,12H2,(H,20,21). The summed E-state index contributed by atoms with van der Waals surface area (Å²) in [6, 6.07) is 18.4. The highest BCUT2D eigenvalue weighted by Crippen LogP contribution is 2.17. The predicted octanol–water partition coefficient (Wildman–Crippen LogP) is 4.25. The monoisotopic (exact) mass is 311 g/mol. The largest absolute Gasteiger partial charge is 0.486 e.